The van der Waals surface area contributed by atoms with Crippen LogP contribution >= 0.6 is 0 Å². The molecule has 20 heavy (non-hydrogen) atoms. The lowest BCUT2D eigenvalue weighted by atomic mass is 10.1. The van der Waals surface area contributed by atoms with Gasteiger partial charge in [-0.25, -0.2) is 0 Å². The van der Waals surface area contributed by atoms with Crippen molar-refractivity contribution in [3.8, 4) is 17.2 Å². The van der Waals surface area contributed by atoms with Crippen LogP contribution in [0.2, 0.25) is 0 Å². The highest BCUT2D eigenvalue weighted by atomic mass is 16.7. The van der Waals surface area contributed by atoms with Gasteiger partial charge in [-0.1, -0.05) is 29.8 Å². The molecule has 2 aliphatic rings. The van der Waals surface area contributed by atoms with E-state index in [0.717, 1.165) is 35.8 Å². The Morgan fingerprint density at radius 1 is 0.900 bits per heavy atom. The predicted octanol–water partition coefficient (Wildman–Crippen LogP) is 3.65. The van der Waals surface area contributed by atoms with E-state index in [-0.39, 0.29) is 0 Å². The lowest BCUT2D eigenvalue weighted by Gasteiger charge is -1.97. The van der Waals surface area contributed by atoms with Crippen molar-refractivity contribution in [3.05, 3.63) is 53.1 Å². The SMILES string of the molecule is Cc1ccc2c(c1)CCO2.Cc1cccc2c1OCO2. The van der Waals surface area contributed by atoms with Gasteiger partial charge >= 0.3 is 0 Å². The Morgan fingerprint density at radius 3 is 2.65 bits per heavy atom. The van der Waals surface area contributed by atoms with Crippen LogP contribution in [0.5, 0.6) is 17.2 Å². The van der Waals surface area contributed by atoms with Crippen LogP contribution in [-0.4, -0.2) is 13.4 Å². The predicted molar refractivity (Wildman–Crippen MR) is 77.7 cm³/mol. The zero-order valence-corrected chi connectivity index (χ0v) is 11.8. The lowest BCUT2D eigenvalue weighted by molar-refractivity contribution is 0.173. The van der Waals surface area contributed by atoms with Gasteiger partial charge in [-0.2, -0.15) is 0 Å². The summed E-state index contributed by atoms with van der Waals surface area (Å²) < 4.78 is 15.7. The molecule has 3 heteroatoms. The van der Waals surface area contributed by atoms with Gasteiger partial charge < -0.3 is 14.2 Å². The molecule has 2 heterocycles. The van der Waals surface area contributed by atoms with Gasteiger partial charge in [-0.15, -0.1) is 0 Å². The van der Waals surface area contributed by atoms with E-state index in [9.17, 15) is 0 Å². The molecule has 0 atom stereocenters. The molecule has 0 amide bonds. The summed E-state index contributed by atoms with van der Waals surface area (Å²) in [4.78, 5) is 0. The fraction of sp³-hybridized carbons (Fsp3) is 0.294. The van der Waals surface area contributed by atoms with Gasteiger partial charge in [0.25, 0.3) is 0 Å². The van der Waals surface area contributed by atoms with E-state index in [1.54, 1.807) is 0 Å². The van der Waals surface area contributed by atoms with Crippen LogP contribution in [0.25, 0.3) is 0 Å². The third-order valence-electron chi connectivity index (χ3n) is 3.44. The van der Waals surface area contributed by atoms with Gasteiger partial charge in [-0.3, -0.25) is 0 Å². The Labute approximate surface area is 119 Å². The maximum absolute atomic E-state index is 5.35. The fourth-order valence-corrected chi connectivity index (χ4v) is 2.39. The Bertz CT molecular complexity index is 620. The molecule has 0 unspecified atom stereocenters. The van der Waals surface area contributed by atoms with E-state index >= 15 is 0 Å². The van der Waals surface area contributed by atoms with Gasteiger partial charge in [0.2, 0.25) is 6.79 Å². The third-order valence-corrected chi connectivity index (χ3v) is 3.44. The van der Waals surface area contributed by atoms with Crippen molar-refractivity contribution in [2.24, 2.45) is 0 Å². The average molecular weight is 270 g/mol. The van der Waals surface area contributed by atoms with E-state index in [0.29, 0.717) is 6.79 Å². The van der Waals surface area contributed by atoms with Gasteiger partial charge in [0.05, 0.1) is 6.61 Å². The molecule has 0 bridgehead atoms. The van der Waals surface area contributed by atoms with Crippen LogP contribution in [0.4, 0.5) is 0 Å². The maximum Gasteiger partial charge on any atom is 0.231 e. The van der Waals surface area contributed by atoms with Crippen molar-refractivity contribution >= 4 is 0 Å². The Morgan fingerprint density at radius 2 is 1.80 bits per heavy atom. The quantitative estimate of drug-likeness (QED) is 0.731. The molecular weight excluding hydrogens is 252 g/mol. The first-order chi connectivity index (χ1) is 9.74. The van der Waals surface area contributed by atoms with Crippen LogP contribution in [0.1, 0.15) is 16.7 Å². The molecule has 2 aliphatic heterocycles. The molecule has 0 aromatic heterocycles. The molecule has 2 aromatic rings. The molecule has 0 saturated carbocycles. The second-order valence-electron chi connectivity index (χ2n) is 5.02. The first kappa shape index (κ1) is 12.9. The first-order valence-electron chi connectivity index (χ1n) is 6.81. The van der Waals surface area contributed by atoms with Crippen molar-refractivity contribution in [2.75, 3.05) is 13.4 Å². The van der Waals surface area contributed by atoms with Crippen molar-refractivity contribution < 1.29 is 14.2 Å². The van der Waals surface area contributed by atoms with Crippen LogP contribution in [-0.2, 0) is 6.42 Å². The summed E-state index contributed by atoms with van der Waals surface area (Å²) in [6.45, 7) is 5.34. The maximum atomic E-state index is 5.35. The Balaban J connectivity index is 0.000000121. The van der Waals surface area contributed by atoms with Crippen molar-refractivity contribution in [3.63, 3.8) is 0 Å². The zero-order valence-electron chi connectivity index (χ0n) is 11.8. The molecular formula is C17H18O3. The largest absolute Gasteiger partial charge is 0.493 e. The average Bonchev–Trinajstić information content (AvgIpc) is 3.07. The molecule has 4 rings (SSSR count). The lowest BCUT2D eigenvalue weighted by Crippen LogP contribution is -1.93. The number of aryl methyl sites for hydroxylation is 2. The normalized spacial score (nSPS) is 14.1. The van der Waals surface area contributed by atoms with Gasteiger partial charge in [0.15, 0.2) is 11.5 Å². The van der Waals surface area contributed by atoms with Crippen LogP contribution in [0.15, 0.2) is 36.4 Å². The summed E-state index contributed by atoms with van der Waals surface area (Å²) in [6, 6.07) is 12.2. The Hall–Kier alpha value is -2.16. The van der Waals surface area contributed by atoms with Gasteiger partial charge in [-0.05, 0) is 37.1 Å². The Kier molecular flexibility index (Phi) is 3.50. The molecule has 3 nitrogen and oxygen atoms in total. The summed E-state index contributed by atoms with van der Waals surface area (Å²) in [5.74, 6) is 2.83. The molecule has 2 aromatic carbocycles. The van der Waals surface area contributed by atoms with Crippen molar-refractivity contribution in [1.82, 2.24) is 0 Å². The number of ether oxygens (including phenoxy) is 3. The molecule has 104 valence electrons. The summed E-state index contributed by atoms with van der Waals surface area (Å²) in [5.41, 5.74) is 3.82. The fourth-order valence-electron chi connectivity index (χ4n) is 2.39. The standard InChI is InChI=1S/C9H10O.C8H8O2/c1-7-2-3-9-8(6-7)4-5-10-9;1-6-3-2-4-7-8(6)10-5-9-7/h2-3,6H,4-5H2,1H3;2-4H,5H2,1H3. The zero-order chi connectivity index (χ0) is 13.9. The number of benzene rings is 2. The third kappa shape index (κ3) is 2.57. The second-order valence-corrected chi connectivity index (χ2v) is 5.02. The van der Waals surface area contributed by atoms with E-state index in [2.05, 4.69) is 25.1 Å². The molecule has 0 fully saturated rings. The first-order valence-corrected chi connectivity index (χ1v) is 6.81. The molecule has 0 saturated heterocycles. The second kappa shape index (κ2) is 5.45. The minimum Gasteiger partial charge on any atom is -0.493 e. The van der Waals surface area contributed by atoms with Gasteiger partial charge in [0.1, 0.15) is 5.75 Å². The number of hydrogen-bond acceptors (Lipinski definition) is 3. The van der Waals surface area contributed by atoms with Crippen LogP contribution < -0.4 is 14.2 Å². The molecule has 0 N–H and O–H groups in total. The number of fused-ring (bicyclic) bond motifs is 2. The van der Waals surface area contributed by atoms with Gasteiger partial charge in [0, 0.05) is 6.42 Å². The van der Waals surface area contributed by atoms with E-state index in [1.165, 1.54) is 11.1 Å². The summed E-state index contributed by atoms with van der Waals surface area (Å²) in [5, 5.41) is 0. The monoisotopic (exact) mass is 270 g/mol. The minimum absolute atomic E-state index is 0.361. The smallest absolute Gasteiger partial charge is 0.231 e. The topological polar surface area (TPSA) is 27.7 Å². The number of para-hydroxylation sites is 1. The molecule has 0 radical (unpaired) electrons. The molecule has 0 spiro atoms. The van der Waals surface area contributed by atoms with Crippen LogP contribution in [0.3, 0.4) is 0 Å². The van der Waals surface area contributed by atoms with E-state index < -0.39 is 0 Å². The minimum atomic E-state index is 0.361. The van der Waals surface area contributed by atoms with Crippen molar-refractivity contribution in [1.29, 1.82) is 0 Å². The highest BCUT2D eigenvalue weighted by molar-refractivity contribution is 5.47. The number of hydrogen-bond donors (Lipinski definition) is 0. The summed E-state index contributed by atoms with van der Waals surface area (Å²) in [6.07, 6.45) is 1.08. The summed E-state index contributed by atoms with van der Waals surface area (Å²) >= 11 is 0. The highest BCUT2D eigenvalue weighted by Crippen LogP contribution is 2.34. The van der Waals surface area contributed by atoms with E-state index in [4.69, 9.17) is 14.2 Å². The summed E-state index contributed by atoms with van der Waals surface area (Å²) in [7, 11) is 0. The number of rotatable bonds is 0. The van der Waals surface area contributed by atoms with Crippen LogP contribution in [0, 0.1) is 13.8 Å². The van der Waals surface area contributed by atoms with Crippen molar-refractivity contribution in [2.45, 2.75) is 20.3 Å². The molecule has 0 aliphatic carbocycles. The highest BCUT2D eigenvalue weighted by Gasteiger charge is 2.13. The van der Waals surface area contributed by atoms with E-state index in [1.807, 2.05) is 25.1 Å².